The summed E-state index contributed by atoms with van der Waals surface area (Å²) in [6, 6.07) is 20.1. The Morgan fingerprint density at radius 2 is 1.29 bits per heavy atom. The Morgan fingerprint density at radius 3 is 1.96 bits per heavy atom. The Morgan fingerprint density at radius 1 is 0.679 bits per heavy atom. The van der Waals surface area contributed by atoms with Crippen molar-refractivity contribution in [2.75, 3.05) is 0 Å². The van der Waals surface area contributed by atoms with Crippen LogP contribution in [0, 0.1) is 0 Å². The number of fused-ring (bicyclic) bond motifs is 2. The second-order valence-corrected chi connectivity index (χ2v) is 5.43. The highest BCUT2D eigenvalue weighted by atomic mass is 16.3. The molecule has 1 N–H and O–H groups in total. The zero-order chi connectivity index (χ0) is 20.9. The van der Waals surface area contributed by atoms with Crippen LogP contribution >= 0.6 is 0 Å². The van der Waals surface area contributed by atoms with E-state index in [2.05, 4.69) is 17.1 Å². The Labute approximate surface area is 170 Å². The minimum absolute atomic E-state index is 0.655. The first-order valence-corrected chi connectivity index (χ1v) is 10.3. The Balaban J connectivity index is 0.000000599. The monoisotopic (exact) mass is 375 g/mol. The van der Waals surface area contributed by atoms with E-state index in [0.29, 0.717) is 0 Å². The van der Waals surface area contributed by atoms with Gasteiger partial charge in [0.05, 0.1) is 5.69 Å². The second-order valence-electron chi connectivity index (χ2n) is 5.43. The molecule has 1 aromatic heterocycles. The topological polar surface area (TPSA) is 33.1 Å². The molecule has 0 amide bonds. The van der Waals surface area contributed by atoms with Crippen LogP contribution in [0.5, 0.6) is 0 Å². The molecule has 2 nitrogen and oxygen atoms in total. The summed E-state index contributed by atoms with van der Waals surface area (Å²) in [4.78, 5) is 4.54. The van der Waals surface area contributed by atoms with E-state index in [1.165, 1.54) is 0 Å². The number of aliphatic hydroxyl groups excluding tert-OH is 1. The summed E-state index contributed by atoms with van der Waals surface area (Å²) >= 11 is 0. The first-order chi connectivity index (χ1) is 13.8. The lowest BCUT2D eigenvalue weighted by atomic mass is 9.96. The molecule has 1 atom stereocenters. The molecule has 2 heteroatoms. The molecule has 3 aromatic rings. The van der Waals surface area contributed by atoms with Gasteiger partial charge in [0.15, 0.2) is 0 Å². The lowest BCUT2D eigenvalue weighted by Gasteiger charge is -2.15. The predicted octanol–water partition coefficient (Wildman–Crippen LogP) is 7.39. The fraction of sp³-hybridized carbons (Fsp3) is 0.269. The van der Waals surface area contributed by atoms with Crippen molar-refractivity contribution in [2.24, 2.45) is 0 Å². The minimum Gasteiger partial charge on any atom is -0.384 e. The van der Waals surface area contributed by atoms with E-state index in [4.69, 9.17) is 0 Å². The molecule has 0 saturated heterocycles. The first-order valence-electron chi connectivity index (χ1n) is 10.3. The molecule has 0 radical (unpaired) electrons. The third-order valence-corrected chi connectivity index (χ3v) is 4.06. The predicted molar refractivity (Wildman–Crippen MR) is 123 cm³/mol. The number of hydrogen-bond acceptors (Lipinski definition) is 2. The molecule has 0 bridgehead atoms. The Bertz CT molecular complexity index is 853. The lowest BCUT2D eigenvalue weighted by molar-refractivity contribution is 0.219. The Hall–Kier alpha value is -2.71. The number of benzene rings is 2. The number of rotatable bonds is 1. The van der Waals surface area contributed by atoms with Crippen molar-refractivity contribution in [3.63, 3.8) is 0 Å². The van der Waals surface area contributed by atoms with Crippen LogP contribution in [0.2, 0.25) is 0 Å². The van der Waals surface area contributed by atoms with Crippen LogP contribution in [0.1, 0.15) is 70.0 Å². The average Bonchev–Trinajstić information content (AvgIpc) is 2.95. The molecule has 2 aromatic carbocycles. The summed E-state index contributed by atoms with van der Waals surface area (Å²) < 4.78 is 0. The average molecular weight is 376 g/mol. The fourth-order valence-corrected chi connectivity index (χ4v) is 2.89. The molecule has 28 heavy (non-hydrogen) atoms. The number of pyridine rings is 1. The van der Waals surface area contributed by atoms with Crippen molar-refractivity contribution in [1.29, 1.82) is 0 Å². The molecule has 4 rings (SSSR count). The zero-order valence-corrected chi connectivity index (χ0v) is 18.0. The van der Waals surface area contributed by atoms with Crippen molar-refractivity contribution in [1.82, 2.24) is 4.98 Å². The highest BCUT2D eigenvalue weighted by Crippen LogP contribution is 2.33. The van der Waals surface area contributed by atoms with Gasteiger partial charge in [-0.25, -0.2) is 0 Å². The van der Waals surface area contributed by atoms with E-state index in [-0.39, 0.29) is 0 Å². The van der Waals surface area contributed by atoms with Gasteiger partial charge in [-0.05, 0) is 28.8 Å². The molecule has 0 saturated carbocycles. The standard InChI is InChI=1S/C20H15NO.3C2H6/c22-20-17-9-5-4-8-15(17)10-11-19-18(20)12-16(13-21-19)14-6-2-1-3-7-14;3*1-2/h1-13,20,22H;3*1-2H3. The normalized spacial score (nSPS) is 13.0. The summed E-state index contributed by atoms with van der Waals surface area (Å²) in [7, 11) is 0. The van der Waals surface area contributed by atoms with Crippen molar-refractivity contribution in [3.8, 4) is 11.1 Å². The highest BCUT2D eigenvalue weighted by molar-refractivity contribution is 5.76. The van der Waals surface area contributed by atoms with E-state index in [1.807, 2.05) is 108 Å². The van der Waals surface area contributed by atoms with Crippen LogP contribution in [0.25, 0.3) is 23.3 Å². The van der Waals surface area contributed by atoms with Crippen LogP contribution in [-0.2, 0) is 0 Å². The molecule has 1 unspecified atom stereocenters. The number of hydrogen-bond donors (Lipinski definition) is 1. The smallest absolute Gasteiger partial charge is 0.107 e. The maximum atomic E-state index is 10.8. The van der Waals surface area contributed by atoms with Gasteiger partial charge in [-0.3, -0.25) is 4.98 Å². The molecule has 0 fully saturated rings. The van der Waals surface area contributed by atoms with Gasteiger partial charge >= 0.3 is 0 Å². The first kappa shape index (κ1) is 23.3. The van der Waals surface area contributed by atoms with Crippen LogP contribution in [0.15, 0.2) is 66.9 Å². The molecular weight excluding hydrogens is 342 g/mol. The van der Waals surface area contributed by atoms with E-state index in [1.54, 1.807) is 0 Å². The Kier molecular flexibility index (Phi) is 10.5. The summed E-state index contributed by atoms with van der Waals surface area (Å²) in [6.45, 7) is 12.0. The number of aliphatic hydroxyl groups is 1. The summed E-state index contributed by atoms with van der Waals surface area (Å²) in [5, 5.41) is 10.8. The highest BCUT2D eigenvalue weighted by Gasteiger charge is 2.20. The third-order valence-electron chi connectivity index (χ3n) is 4.06. The maximum absolute atomic E-state index is 10.8. The van der Waals surface area contributed by atoms with Gasteiger partial charge in [-0.2, -0.15) is 0 Å². The molecule has 148 valence electrons. The second kappa shape index (κ2) is 12.6. The van der Waals surface area contributed by atoms with E-state index >= 15 is 0 Å². The van der Waals surface area contributed by atoms with E-state index in [0.717, 1.165) is 33.5 Å². The summed E-state index contributed by atoms with van der Waals surface area (Å²) in [5.41, 5.74) is 5.75. The zero-order valence-electron chi connectivity index (χ0n) is 18.0. The minimum atomic E-state index is -0.655. The largest absolute Gasteiger partial charge is 0.384 e. The van der Waals surface area contributed by atoms with Gasteiger partial charge in [0.2, 0.25) is 0 Å². The van der Waals surface area contributed by atoms with Crippen molar-refractivity contribution in [2.45, 2.75) is 47.6 Å². The van der Waals surface area contributed by atoms with Gasteiger partial charge in [-0.15, -0.1) is 0 Å². The van der Waals surface area contributed by atoms with Gasteiger partial charge in [0.25, 0.3) is 0 Å². The molecular formula is C26H33NO. The van der Waals surface area contributed by atoms with Gasteiger partial charge < -0.3 is 5.11 Å². The summed E-state index contributed by atoms with van der Waals surface area (Å²) in [5.74, 6) is 0. The SMILES string of the molecule is CC.CC.CC.OC1c2ccccc2C=Cc2ncc(-c3ccccc3)cc21. The maximum Gasteiger partial charge on any atom is 0.107 e. The van der Waals surface area contributed by atoms with E-state index in [9.17, 15) is 5.11 Å². The molecule has 0 aliphatic heterocycles. The van der Waals surface area contributed by atoms with Gasteiger partial charge in [0.1, 0.15) is 6.10 Å². The summed E-state index contributed by atoms with van der Waals surface area (Å²) in [6.07, 6.45) is 5.19. The van der Waals surface area contributed by atoms with Crippen LogP contribution in [-0.4, -0.2) is 10.1 Å². The third kappa shape index (κ3) is 5.40. The molecule has 1 aliphatic rings. The van der Waals surface area contributed by atoms with Crippen LogP contribution < -0.4 is 0 Å². The van der Waals surface area contributed by atoms with Gasteiger partial charge in [-0.1, -0.05) is 102 Å². The van der Waals surface area contributed by atoms with Crippen molar-refractivity contribution in [3.05, 3.63) is 89.2 Å². The number of nitrogens with zero attached hydrogens (tertiary/aromatic N) is 1. The lowest BCUT2D eigenvalue weighted by Crippen LogP contribution is -2.04. The van der Waals surface area contributed by atoms with Crippen LogP contribution in [0.4, 0.5) is 0 Å². The fourth-order valence-electron chi connectivity index (χ4n) is 2.89. The quantitative estimate of drug-likeness (QED) is 0.481. The van der Waals surface area contributed by atoms with Gasteiger partial charge in [0, 0.05) is 17.3 Å². The molecule has 1 aliphatic carbocycles. The number of aromatic nitrogens is 1. The van der Waals surface area contributed by atoms with Crippen LogP contribution in [0.3, 0.4) is 0 Å². The molecule has 1 heterocycles. The van der Waals surface area contributed by atoms with Crippen molar-refractivity contribution < 1.29 is 5.11 Å². The van der Waals surface area contributed by atoms with E-state index < -0.39 is 6.10 Å². The molecule has 0 spiro atoms. The van der Waals surface area contributed by atoms with Crippen molar-refractivity contribution >= 4 is 12.2 Å².